The number of rotatable bonds is 4. The Morgan fingerprint density at radius 1 is 0.581 bits per heavy atom. The lowest BCUT2D eigenvalue weighted by Crippen LogP contribution is -2.35. The van der Waals surface area contributed by atoms with Gasteiger partial charge >= 0.3 is 23.9 Å². The van der Waals surface area contributed by atoms with Crippen LogP contribution in [0.4, 0.5) is 0 Å². The lowest BCUT2D eigenvalue weighted by atomic mass is 9.64. The van der Waals surface area contributed by atoms with Crippen molar-refractivity contribution in [1.82, 2.24) is 0 Å². The van der Waals surface area contributed by atoms with E-state index < -0.39 is 69.5 Å². The van der Waals surface area contributed by atoms with Crippen LogP contribution in [-0.4, -0.2) is 55.9 Å². The first-order valence-electron chi connectivity index (χ1n) is 8.90. The van der Waals surface area contributed by atoms with Crippen molar-refractivity contribution >= 4 is 35.4 Å². The summed E-state index contributed by atoms with van der Waals surface area (Å²) in [6.45, 7) is 0. The lowest BCUT2D eigenvalue weighted by molar-refractivity contribution is 0.0650. The van der Waals surface area contributed by atoms with Crippen LogP contribution in [0, 0.1) is 0 Å². The normalized spacial score (nSPS) is 18.7. The van der Waals surface area contributed by atoms with E-state index in [9.17, 15) is 49.2 Å². The number of aromatic carboxylic acids is 4. The molecule has 31 heavy (non-hydrogen) atoms. The van der Waals surface area contributed by atoms with E-state index in [2.05, 4.69) is 0 Å². The fourth-order valence-corrected chi connectivity index (χ4v) is 4.31. The van der Waals surface area contributed by atoms with Gasteiger partial charge in [-0.2, -0.15) is 0 Å². The lowest BCUT2D eigenvalue weighted by Gasteiger charge is -2.36. The van der Waals surface area contributed by atoms with E-state index in [4.69, 9.17) is 0 Å². The minimum atomic E-state index is -1.56. The molecular weight excluding hydrogens is 412 g/mol. The zero-order valence-electron chi connectivity index (χ0n) is 15.4. The first kappa shape index (κ1) is 20.0. The van der Waals surface area contributed by atoms with E-state index in [0.29, 0.717) is 0 Å². The highest BCUT2D eigenvalue weighted by atomic mass is 16.4. The topological polar surface area (TPSA) is 183 Å². The molecular formula is C21H12O10. The van der Waals surface area contributed by atoms with Gasteiger partial charge in [0.25, 0.3) is 0 Å². The highest BCUT2D eigenvalue weighted by Gasteiger charge is 2.45. The fourth-order valence-electron chi connectivity index (χ4n) is 4.31. The Kier molecular flexibility index (Phi) is 4.24. The van der Waals surface area contributed by atoms with Crippen LogP contribution < -0.4 is 0 Å². The highest BCUT2D eigenvalue weighted by Crippen LogP contribution is 2.48. The standard InChI is InChI=1S/C21H12O10/c22-16-8-3-9(7-2-13(19(26)27)15(21(30)31)5-11(7)16)17(23)10-4-14(20(28)29)12(18(24)25)1-6(8)10/h1-2,4-5,8-9H,3H2,(H,24,25)(H,26,27)(H,28,29)(H,30,31). The summed E-state index contributed by atoms with van der Waals surface area (Å²) in [5, 5.41) is 37.4. The second-order valence-corrected chi connectivity index (χ2v) is 7.26. The van der Waals surface area contributed by atoms with Gasteiger partial charge in [-0.05, 0) is 41.8 Å². The van der Waals surface area contributed by atoms with Crippen LogP contribution in [0.1, 0.15) is 91.5 Å². The SMILES string of the molecule is O=C(O)c1cc2c(cc1C(=O)O)C1CC(C2=O)c2cc(C(=O)O)c(C(=O)O)cc2C1=O. The number of benzene rings is 2. The molecule has 2 aromatic carbocycles. The number of hydrogen-bond acceptors (Lipinski definition) is 6. The summed E-state index contributed by atoms with van der Waals surface area (Å²) in [5.74, 6) is -9.40. The molecule has 10 nitrogen and oxygen atoms in total. The summed E-state index contributed by atoms with van der Waals surface area (Å²) in [6, 6.07) is 3.83. The van der Waals surface area contributed by atoms with E-state index in [1.165, 1.54) is 0 Å². The van der Waals surface area contributed by atoms with Gasteiger partial charge in [-0.3, -0.25) is 9.59 Å². The summed E-state index contributed by atoms with van der Waals surface area (Å²) in [4.78, 5) is 72.3. The van der Waals surface area contributed by atoms with E-state index in [-0.39, 0.29) is 28.7 Å². The summed E-state index contributed by atoms with van der Waals surface area (Å²) in [6.07, 6.45) is -0.0609. The Labute approximate surface area is 172 Å². The number of hydrogen-bond donors (Lipinski definition) is 4. The average Bonchev–Trinajstić information content (AvgIpc) is 2.71. The highest BCUT2D eigenvalue weighted by molar-refractivity contribution is 6.17. The second kappa shape index (κ2) is 6.59. The predicted molar refractivity (Wildman–Crippen MR) is 99.5 cm³/mol. The van der Waals surface area contributed by atoms with Crippen molar-refractivity contribution in [1.29, 1.82) is 0 Å². The number of carbonyl (C=O) groups excluding carboxylic acids is 2. The van der Waals surface area contributed by atoms with Crippen molar-refractivity contribution in [3.63, 3.8) is 0 Å². The van der Waals surface area contributed by atoms with Crippen LogP contribution in [0.5, 0.6) is 0 Å². The Balaban J connectivity index is 1.99. The number of carboxylic acids is 4. The molecule has 0 aliphatic heterocycles. The summed E-state index contributed by atoms with van der Waals surface area (Å²) >= 11 is 0. The van der Waals surface area contributed by atoms with Gasteiger partial charge in [-0.1, -0.05) is 0 Å². The maximum Gasteiger partial charge on any atom is 0.336 e. The van der Waals surface area contributed by atoms with Crippen LogP contribution in [0.25, 0.3) is 0 Å². The Hall–Kier alpha value is -4.34. The number of fused-ring (bicyclic) bond motifs is 6. The molecule has 0 saturated heterocycles. The Morgan fingerprint density at radius 3 is 1.16 bits per heavy atom. The van der Waals surface area contributed by atoms with E-state index in [0.717, 1.165) is 24.3 Å². The molecule has 0 heterocycles. The quantitative estimate of drug-likeness (QED) is 0.567. The first-order chi connectivity index (χ1) is 14.5. The zero-order valence-corrected chi connectivity index (χ0v) is 15.4. The molecule has 2 atom stereocenters. The fraction of sp³-hybridized carbons (Fsp3) is 0.143. The van der Waals surface area contributed by atoms with Crippen molar-refractivity contribution < 1.29 is 49.2 Å². The van der Waals surface area contributed by atoms with Crippen molar-refractivity contribution in [3.8, 4) is 0 Å². The predicted octanol–water partition coefficient (Wildman–Crippen LogP) is 2.13. The molecule has 0 saturated carbocycles. The van der Waals surface area contributed by atoms with Gasteiger partial charge in [0.15, 0.2) is 11.6 Å². The maximum absolute atomic E-state index is 13.1. The number of carboxylic acid groups (broad SMARTS) is 4. The van der Waals surface area contributed by atoms with Gasteiger partial charge in [0.1, 0.15) is 0 Å². The van der Waals surface area contributed by atoms with Gasteiger partial charge < -0.3 is 20.4 Å². The molecule has 0 spiro atoms. The van der Waals surface area contributed by atoms with Gasteiger partial charge in [0.2, 0.25) is 0 Å². The summed E-state index contributed by atoms with van der Waals surface area (Å²) in [5.41, 5.74) is -2.52. The molecule has 4 rings (SSSR count). The van der Waals surface area contributed by atoms with Crippen LogP contribution in [-0.2, 0) is 0 Å². The molecule has 0 amide bonds. The third kappa shape index (κ3) is 2.80. The van der Waals surface area contributed by atoms with Crippen LogP contribution >= 0.6 is 0 Å². The third-order valence-electron chi connectivity index (χ3n) is 5.69. The second-order valence-electron chi connectivity index (χ2n) is 7.26. The van der Waals surface area contributed by atoms with Gasteiger partial charge in [0, 0.05) is 23.0 Å². The van der Waals surface area contributed by atoms with Crippen LogP contribution in [0.15, 0.2) is 24.3 Å². The van der Waals surface area contributed by atoms with Gasteiger partial charge in [-0.25, -0.2) is 19.2 Å². The Bertz CT molecular complexity index is 1170. The molecule has 2 unspecified atom stereocenters. The van der Waals surface area contributed by atoms with E-state index in [1.807, 2.05) is 0 Å². The smallest absolute Gasteiger partial charge is 0.336 e. The zero-order chi connectivity index (χ0) is 22.8. The summed E-state index contributed by atoms with van der Waals surface area (Å²) in [7, 11) is 0. The molecule has 2 aliphatic rings. The van der Waals surface area contributed by atoms with Crippen LogP contribution in [0.3, 0.4) is 0 Å². The molecule has 0 aromatic heterocycles. The molecule has 2 bridgehead atoms. The third-order valence-corrected chi connectivity index (χ3v) is 5.69. The summed E-state index contributed by atoms with van der Waals surface area (Å²) < 4.78 is 0. The largest absolute Gasteiger partial charge is 0.478 e. The molecule has 2 aliphatic carbocycles. The molecule has 2 aromatic rings. The molecule has 10 heteroatoms. The Morgan fingerprint density at radius 2 is 0.871 bits per heavy atom. The van der Waals surface area contributed by atoms with E-state index >= 15 is 0 Å². The molecule has 0 radical (unpaired) electrons. The minimum Gasteiger partial charge on any atom is -0.478 e. The minimum absolute atomic E-state index is 0.0542. The molecule has 0 fully saturated rings. The average molecular weight is 424 g/mol. The van der Waals surface area contributed by atoms with Crippen molar-refractivity contribution in [2.45, 2.75) is 18.3 Å². The number of carbonyl (C=O) groups is 6. The van der Waals surface area contributed by atoms with Crippen LogP contribution in [0.2, 0.25) is 0 Å². The van der Waals surface area contributed by atoms with Crippen molar-refractivity contribution in [3.05, 3.63) is 68.8 Å². The number of Topliss-reactive ketones (excluding diaryl/α,β-unsaturated/α-hetero) is 2. The van der Waals surface area contributed by atoms with Crippen molar-refractivity contribution in [2.75, 3.05) is 0 Å². The molecule has 156 valence electrons. The number of ketones is 2. The van der Waals surface area contributed by atoms with E-state index in [1.54, 1.807) is 0 Å². The molecule has 4 N–H and O–H groups in total. The van der Waals surface area contributed by atoms with Gasteiger partial charge in [0.05, 0.1) is 22.3 Å². The monoisotopic (exact) mass is 424 g/mol. The first-order valence-corrected chi connectivity index (χ1v) is 8.90. The maximum atomic E-state index is 13.1. The van der Waals surface area contributed by atoms with Crippen molar-refractivity contribution in [2.24, 2.45) is 0 Å². The van der Waals surface area contributed by atoms with Gasteiger partial charge in [-0.15, -0.1) is 0 Å².